The van der Waals surface area contributed by atoms with Crippen molar-refractivity contribution in [3.05, 3.63) is 90.4 Å². The Balaban J connectivity index is 1.56. The molecule has 0 aliphatic carbocycles. The number of aromatic nitrogens is 5. The van der Waals surface area contributed by atoms with E-state index in [0.29, 0.717) is 22.7 Å². The minimum Gasteiger partial charge on any atom is -0.276 e. The Bertz CT molecular complexity index is 1650. The second kappa shape index (κ2) is 8.43. The highest BCUT2D eigenvalue weighted by molar-refractivity contribution is 7.92. The molecule has 0 amide bonds. The molecule has 2 aromatic carbocycles. The summed E-state index contributed by atoms with van der Waals surface area (Å²) >= 11 is 6.11. The number of halogens is 3. The van der Waals surface area contributed by atoms with Crippen molar-refractivity contribution in [3.63, 3.8) is 0 Å². The number of fused-ring (bicyclic) bond motifs is 1. The maximum atomic E-state index is 14.1. The Morgan fingerprint density at radius 2 is 1.82 bits per heavy atom. The van der Waals surface area contributed by atoms with E-state index in [1.807, 2.05) is 6.07 Å². The predicted octanol–water partition coefficient (Wildman–Crippen LogP) is 4.61. The lowest BCUT2D eigenvalue weighted by atomic mass is 10.0. The summed E-state index contributed by atoms with van der Waals surface area (Å²) in [5.74, 6) is -2.12. The van der Waals surface area contributed by atoms with Crippen LogP contribution in [0.4, 0.5) is 14.5 Å². The fourth-order valence-electron chi connectivity index (χ4n) is 3.41. The molecular weight excluding hydrogens is 486 g/mol. The van der Waals surface area contributed by atoms with Crippen molar-refractivity contribution >= 4 is 38.2 Å². The van der Waals surface area contributed by atoms with Gasteiger partial charge in [-0.2, -0.15) is 5.10 Å². The minimum absolute atomic E-state index is 0.0642. The van der Waals surface area contributed by atoms with Gasteiger partial charge in [-0.15, -0.1) is 0 Å². The number of anilines is 1. The van der Waals surface area contributed by atoms with Crippen LogP contribution in [0.25, 0.3) is 27.7 Å². The van der Waals surface area contributed by atoms with Crippen LogP contribution in [0.2, 0.25) is 5.15 Å². The first-order valence-corrected chi connectivity index (χ1v) is 11.6. The second-order valence-electron chi connectivity index (χ2n) is 7.14. The Morgan fingerprint density at radius 1 is 0.971 bits per heavy atom. The zero-order valence-corrected chi connectivity index (χ0v) is 18.6. The molecule has 0 unspecified atom stereocenters. The van der Waals surface area contributed by atoms with Crippen molar-refractivity contribution in [3.8, 4) is 16.8 Å². The van der Waals surface area contributed by atoms with Gasteiger partial charge in [0, 0.05) is 29.4 Å². The average molecular weight is 499 g/mol. The van der Waals surface area contributed by atoms with Crippen LogP contribution in [0, 0.1) is 11.6 Å². The van der Waals surface area contributed by atoms with Crippen LogP contribution in [0.1, 0.15) is 0 Å². The summed E-state index contributed by atoms with van der Waals surface area (Å²) in [5.41, 5.74) is 2.63. The van der Waals surface area contributed by atoms with Gasteiger partial charge < -0.3 is 0 Å². The third-order valence-corrected chi connectivity index (χ3v) is 6.68. The second-order valence-corrected chi connectivity index (χ2v) is 9.15. The van der Waals surface area contributed by atoms with Gasteiger partial charge in [0.25, 0.3) is 10.0 Å². The number of pyridine rings is 2. The summed E-state index contributed by atoms with van der Waals surface area (Å²) in [4.78, 5) is 11.7. The van der Waals surface area contributed by atoms with E-state index in [1.165, 1.54) is 18.6 Å². The fourth-order valence-corrected chi connectivity index (χ4v) is 4.74. The molecule has 0 atom stereocenters. The third kappa shape index (κ3) is 4.06. The zero-order valence-electron chi connectivity index (χ0n) is 17.0. The van der Waals surface area contributed by atoms with Crippen molar-refractivity contribution in [2.24, 2.45) is 0 Å². The van der Waals surface area contributed by atoms with Gasteiger partial charge in [-0.05, 0) is 42.0 Å². The van der Waals surface area contributed by atoms with Gasteiger partial charge in [0.05, 0.1) is 16.9 Å². The van der Waals surface area contributed by atoms with E-state index in [2.05, 4.69) is 24.8 Å². The number of rotatable bonds is 5. The maximum Gasteiger partial charge on any atom is 0.264 e. The van der Waals surface area contributed by atoms with Crippen LogP contribution in [0.5, 0.6) is 0 Å². The van der Waals surface area contributed by atoms with E-state index < -0.39 is 26.6 Å². The van der Waals surface area contributed by atoms with E-state index in [1.54, 1.807) is 35.4 Å². The quantitative estimate of drug-likeness (QED) is 0.355. The number of nitrogens with one attached hydrogen (secondary N) is 1. The molecule has 0 bridgehead atoms. The van der Waals surface area contributed by atoms with Crippen LogP contribution in [0.15, 0.2) is 78.5 Å². The van der Waals surface area contributed by atoms with Crippen LogP contribution in [0.3, 0.4) is 0 Å². The summed E-state index contributed by atoms with van der Waals surface area (Å²) in [6, 6.07) is 10.9. The van der Waals surface area contributed by atoms with Gasteiger partial charge >= 0.3 is 0 Å². The largest absolute Gasteiger partial charge is 0.276 e. The molecule has 0 aliphatic heterocycles. The molecule has 170 valence electrons. The van der Waals surface area contributed by atoms with Crippen molar-refractivity contribution in [2.45, 2.75) is 4.90 Å². The molecule has 8 nitrogen and oxygen atoms in total. The Labute approximate surface area is 196 Å². The number of hydrogen-bond acceptors (Lipinski definition) is 6. The molecule has 34 heavy (non-hydrogen) atoms. The molecule has 3 heterocycles. The minimum atomic E-state index is -4.40. The molecule has 0 saturated carbocycles. The molecule has 5 aromatic rings. The van der Waals surface area contributed by atoms with E-state index >= 15 is 0 Å². The summed E-state index contributed by atoms with van der Waals surface area (Å²) in [6.45, 7) is 0. The molecule has 1 N–H and O–H groups in total. The molecule has 0 fully saturated rings. The van der Waals surface area contributed by atoms with E-state index in [0.717, 1.165) is 23.2 Å². The number of nitrogens with zero attached hydrogens (tertiary/aromatic N) is 5. The first kappa shape index (κ1) is 21.9. The number of hydrogen-bond donors (Lipinski definition) is 1. The van der Waals surface area contributed by atoms with Crippen molar-refractivity contribution in [1.29, 1.82) is 0 Å². The van der Waals surface area contributed by atoms with Crippen LogP contribution in [-0.4, -0.2) is 33.2 Å². The monoisotopic (exact) mass is 498 g/mol. The zero-order chi connectivity index (χ0) is 23.9. The summed E-state index contributed by atoms with van der Waals surface area (Å²) in [6.07, 6.45) is 6.12. The molecule has 0 spiro atoms. The maximum absolute atomic E-state index is 14.1. The Morgan fingerprint density at radius 3 is 2.59 bits per heavy atom. The summed E-state index contributed by atoms with van der Waals surface area (Å²) < 4.78 is 56.5. The van der Waals surface area contributed by atoms with Crippen LogP contribution in [-0.2, 0) is 10.0 Å². The highest BCUT2D eigenvalue weighted by Gasteiger charge is 2.21. The van der Waals surface area contributed by atoms with Gasteiger partial charge in [0.1, 0.15) is 29.2 Å². The molecule has 0 aliphatic rings. The van der Waals surface area contributed by atoms with E-state index in [9.17, 15) is 17.2 Å². The van der Waals surface area contributed by atoms with Crippen molar-refractivity contribution in [2.75, 3.05) is 4.72 Å². The van der Waals surface area contributed by atoms with Crippen LogP contribution < -0.4 is 4.72 Å². The van der Waals surface area contributed by atoms with Gasteiger partial charge in [0.15, 0.2) is 5.15 Å². The van der Waals surface area contributed by atoms with Crippen molar-refractivity contribution < 1.29 is 17.2 Å². The SMILES string of the molecule is O=S(=O)(Nc1cc(-c2ccc3nccc(-n4cncn4)c3c2)cnc1Cl)c1ccc(F)cc1F. The molecule has 12 heteroatoms. The topological polar surface area (TPSA) is 103 Å². The first-order valence-electron chi connectivity index (χ1n) is 9.69. The third-order valence-electron chi connectivity index (χ3n) is 4.98. The van der Waals surface area contributed by atoms with Crippen molar-refractivity contribution in [1.82, 2.24) is 24.7 Å². The highest BCUT2D eigenvalue weighted by Crippen LogP contribution is 2.31. The fraction of sp³-hybridized carbons (Fsp3) is 0. The molecular formula is C22H13ClF2N6O2S. The molecule has 0 saturated heterocycles. The number of sulfonamides is 1. The lowest BCUT2D eigenvalue weighted by molar-refractivity contribution is 0.551. The van der Waals surface area contributed by atoms with Gasteiger partial charge in [-0.3, -0.25) is 9.71 Å². The normalized spacial score (nSPS) is 11.6. The Kier molecular flexibility index (Phi) is 5.42. The van der Waals surface area contributed by atoms with Gasteiger partial charge in [-0.25, -0.2) is 31.8 Å². The molecule has 3 aromatic heterocycles. The lowest BCUT2D eigenvalue weighted by Crippen LogP contribution is -2.15. The Hall–Kier alpha value is -3.96. The summed E-state index contributed by atoms with van der Waals surface area (Å²) in [5, 5.41) is 4.80. The predicted molar refractivity (Wildman–Crippen MR) is 122 cm³/mol. The van der Waals surface area contributed by atoms with Gasteiger partial charge in [-0.1, -0.05) is 17.7 Å². The standard InChI is InChI=1S/C22H13ClF2N6O2S/c23-22-19(30-34(32,33)21-4-2-15(24)9-17(21)25)8-14(10-28-22)13-1-3-18-16(7-13)20(5-6-27-18)31-12-26-11-29-31/h1-12,30H. The van der Waals surface area contributed by atoms with Crippen LogP contribution >= 0.6 is 11.6 Å². The van der Waals surface area contributed by atoms with Gasteiger partial charge in [0.2, 0.25) is 0 Å². The van der Waals surface area contributed by atoms with E-state index in [4.69, 9.17) is 11.6 Å². The first-order chi connectivity index (χ1) is 16.3. The number of benzene rings is 2. The molecule has 5 rings (SSSR count). The van der Waals surface area contributed by atoms with E-state index in [-0.39, 0.29) is 10.8 Å². The summed E-state index contributed by atoms with van der Waals surface area (Å²) in [7, 11) is -4.40. The smallest absolute Gasteiger partial charge is 0.264 e. The molecule has 0 radical (unpaired) electrons. The highest BCUT2D eigenvalue weighted by atomic mass is 35.5. The average Bonchev–Trinajstić information content (AvgIpc) is 3.34. The lowest BCUT2D eigenvalue weighted by Gasteiger charge is -2.12.